The van der Waals surface area contributed by atoms with Crippen LogP contribution < -0.4 is 10.2 Å². The molecule has 1 aromatic rings. The maximum atomic E-state index is 12.7. The molecule has 2 aliphatic heterocycles. The first-order valence-corrected chi connectivity index (χ1v) is 10.5. The van der Waals surface area contributed by atoms with Crippen LogP contribution in [0, 0.1) is 12.8 Å². The van der Waals surface area contributed by atoms with Gasteiger partial charge in [0.25, 0.3) is 0 Å². The van der Waals surface area contributed by atoms with Gasteiger partial charge in [0.15, 0.2) is 0 Å². The molecule has 0 radical (unpaired) electrons. The van der Waals surface area contributed by atoms with E-state index in [1.165, 1.54) is 0 Å². The molecule has 0 unspecified atom stereocenters. The van der Waals surface area contributed by atoms with Crippen LogP contribution in [0.25, 0.3) is 0 Å². The van der Waals surface area contributed by atoms with Crippen molar-refractivity contribution in [2.24, 2.45) is 5.92 Å². The lowest BCUT2D eigenvalue weighted by Gasteiger charge is -2.32. The summed E-state index contributed by atoms with van der Waals surface area (Å²) in [5.41, 5.74) is 0.738. The number of rotatable bonds is 5. The van der Waals surface area contributed by atoms with Gasteiger partial charge in [0.05, 0.1) is 22.7 Å². The zero-order valence-electron chi connectivity index (χ0n) is 16.2. The van der Waals surface area contributed by atoms with E-state index in [1.807, 2.05) is 34.6 Å². The first kappa shape index (κ1) is 19.8. The molecule has 0 amide bonds. The third kappa shape index (κ3) is 3.85. The smallest absolute Gasteiger partial charge is 0.399 e. The summed E-state index contributed by atoms with van der Waals surface area (Å²) in [5.74, 6) is 0.234. The van der Waals surface area contributed by atoms with Gasteiger partial charge in [-0.2, -0.15) is 0 Å². The molecule has 6 nitrogen and oxygen atoms in total. The highest BCUT2D eigenvalue weighted by molar-refractivity contribution is 7.89. The predicted octanol–water partition coefficient (Wildman–Crippen LogP) is 1.61. The maximum absolute atomic E-state index is 12.7. The number of hydrogen-bond donors (Lipinski definition) is 1. The molecule has 0 aliphatic carbocycles. The normalized spacial score (nSPS) is 25.0. The molecule has 8 heteroatoms. The molecule has 26 heavy (non-hydrogen) atoms. The van der Waals surface area contributed by atoms with Crippen molar-refractivity contribution in [3.8, 4) is 0 Å². The van der Waals surface area contributed by atoms with Crippen molar-refractivity contribution < 1.29 is 22.5 Å². The third-order valence-electron chi connectivity index (χ3n) is 5.65. The van der Waals surface area contributed by atoms with Gasteiger partial charge in [-0.3, -0.25) is 0 Å². The van der Waals surface area contributed by atoms with Crippen LogP contribution in [0.1, 0.15) is 39.7 Å². The van der Waals surface area contributed by atoms with Gasteiger partial charge in [0.1, 0.15) is 0 Å². The lowest BCUT2D eigenvalue weighted by atomic mass is 9.76. The summed E-state index contributed by atoms with van der Waals surface area (Å²) in [6.45, 7) is 11.5. The van der Waals surface area contributed by atoms with E-state index < -0.39 is 28.3 Å². The molecular weight excluding hydrogens is 353 g/mol. The number of aryl methyl sites for hydroxylation is 1. The Bertz CT molecular complexity index is 756. The SMILES string of the molecule is Cc1ccc(S(=O)(=O)NC[C@H]2CCOC2)cc1B1OC(C)(C)C(C)(C)O1. The number of nitrogens with one attached hydrogen (secondary N) is 1. The Morgan fingerprint density at radius 1 is 1.19 bits per heavy atom. The van der Waals surface area contributed by atoms with E-state index in [0.29, 0.717) is 19.8 Å². The van der Waals surface area contributed by atoms with Crippen LogP contribution in [0.15, 0.2) is 23.1 Å². The number of sulfonamides is 1. The van der Waals surface area contributed by atoms with Crippen LogP contribution in [-0.2, 0) is 24.1 Å². The zero-order chi connectivity index (χ0) is 19.2. The standard InChI is InChI=1S/C18H28BNO5S/c1-13-6-7-15(26(21,22)20-11-14-8-9-23-12-14)10-16(13)19-24-17(2,3)18(4,5)25-19/h6-7,10,14,20H,8-9,11-12H2,1-5H3/t14-/m1/s1. The molecule has 0 saturated carbocycles. The quantitative estimate of drug-likeness (QED) is 0.785. The lowest BCUT2D eigenvalue weighted by Crippen LogP contribution is -2.41. The highest BCUT2D eigenvalue weighted by Crippen LogP contribution is 2.36. The number of ether oxygens (including phenoxy) is 1. The minimum absolute atomic E-state index is 0.228. The summed E-state index contributed by atoms with van der Waals surface area (Å²) in [7, 11) is -4.18. The average molecular weight is 381 g/mol. The van der Waals surface area contributed by atoms with Crippen molar-refractivity contribution in [2.45, 2.75) is 57.1 Å². The van der Waals surface area contributed by atoms with Crippen molar-refractivity contribution in [1.29, 1.82) is 0 Å². The highest BCUT2D eigenvalue weighted by Gasteiger charge is 2.52. The van der Waals surface area contributed by atoms with Crippen LogP contribution >= 0.6 is 0 Å². The fraction of sp³-hybridized carbons (Fsp3) is 0.667. The Hall–Kier alpha value is -0.925. The van der Waals surface area contributed by atoms with Crippen LogP contribution in [0.3, 0.4) is 0 Å². The van der Waals surface area contributed by atoms with Gasteiger partial charge in [-0.05, 0) is 64.6 Å². The molecule has 0 aromatic heterocycles. The van der Waals surface area contributed by atoms with Gasteiger partial charge in [0, 0.05) is 13.2 Å². The molecule has 0 spiro atoms. The number of hydrogen-bond acceptors (Lipinski definition) is 5. The van der Waals surface area contributed by atoms with Crippen molar-refractivity contribution in [3.05, 3.63) is 23.8 Å². The van der Waals surface area contributed by atoms with E-state index in [-0.39, 0.29) is 10.8 Å². The molecule has 144 valence electrons. The van der Waals surface area contributed by atoms with Gasteiger partial charge in [-0.15, -0.1) is 0 Å². The maximum Gasteiger partial charge on any atom is 0.495 e. The Kier molecular flexibility index (Phi) is 5.27. The van der Waals surface area contributed by atoms with E-state index in [4.69, 9.17) is 14.0 Å². The summed E-state index contributed by atoms with van der Waals surface area (Å²) in [6, 6.07) is 5.08. The van der Waals surface area contributed by atoms with Crippen molar-refractivity contribution in [1.82, 2.24) is 4.72 Å². The molecule has 1 N–H and O–H groups in total. The summed E-state index contributed by atoms with van der Waals surface area (Å²) in [4.78, 5) is 0.228. The molecule has 0 bridgehead atoms. The fourth-order valence-corrected chi connectivity index (χ4v) is 4.22. The Morgan fingerprint density at radius 3 is 2.42 bits per heavy atom. The average Bonchev–Trinajstić information content (AvgIpc) is 3.12. The van der Waals surface area contributed by atoms with E-state index in [2.05, 4.69) is 4.72 Å². The summed E-state index contributed by atoms with van der Waals surface area (Å²) >= 11 is 0. The van der Waals surface area contributed by atoms with Gasteiger partial charge < -0.3 is 14.0 Å². The van der Waals surface area contributed by atoms with E-state index in [1.54, 1.807) is 18.2 Å². The van der Waals surface area contributed by atoms with E-state index in [0.717, 1.165) is 17.4 Å². The summed E-state index contributed by atoms with van der Waals surface area (Å²) in [5, 5.41) is 0. The minimum atomic E-state index is -3.59. The second-order valence-electron chi connectivity index (χ2n) is 8.19. The molecule has 3 rings (SSSR count). The largest absolute Gasteiger partial charge is 0.495 e. The monoisotopic (exact) mass is 381 g/mol. The summed E-state index contributed by atoms with van der Waals surface area (Å²) < 4.78 is 45.5. The molecule has 1 aromatic carbocycles. The number of benzene rings is 1. The van der Waals surface area contributed by atoms with Crippen molar-refractivity contribution in [3.63, 3.8) is 0 Å². The molecule has 2 heterocycles. The fourth-order valence-electron chi connectivity index (χ4n) is 3.06. The van der Waals surface area contributed by atoms with Crippen LogP contribution in [0.2, 0.25) is 0 Å². The molecular formula is C18H28BNO5S. The van der Waals surface area contributed by atoms with Crippen molar-refractivity contribution >= 4 is 22.6 Å². The zero-order valence-corrected chi connectivity index (χ0v) is 17.0. The van der Waals surface area contributed by atoms with Gasteiger partial charge in [0.2, 0.25) is 10.0 Å². The second-order valence-corrected chi connectivity index (χ2v) is 9.96. The Labute approximate surface area is 156 Å². The predicted molar refractivity (Wildman–Crippen MR) is 101 cm³/mol. The van der Waals surface area contributed by atoms with Crippen LogP contribution in [0.5, 0.6) is 0 Å². The van der Waals surface area contributed by atoms with Gasteiger partial charge in [-0.25, -0.2) is 13.1 Å². The first-order valence-electron chi connectivity index (χ1n) is 9.05. The highest BCUT2D eigenvalue weighted by atomic mass is 32.2. The minimum Gasteiger partial charge on any atom is -0.399 e. The van der Waals surface area contributed by atoms with E-state index >= 15 is 0 Å². The van der Waals surface area contributed by atoms with Gasteiger partial charge in [-0.1, -0.05) is 11.6 Å². The van der Waals surface area contributed by atoms with Crippen molar-refractivity contribution in [2.75, 3.05) is 19.8 Å². The first-order chi connectivity index (χ1) is 12.0. The van der Waals surface area contributed by atoms with E-state index in [9.17, 15) is 8.42 Å². The van der Waals surface area contributed by atoms with Crippen LogP contribution in [0.4, 0.5) is 0 Å². The molecule has 2 fully saturated rings. The lowest BCUT2D eigenvalue weighted by molar-refractivity contribution is 0.00578. The Morgan fingerprint density at radius 2 is 1.85 bits per heavy atom. The topological polar surface area (TPSA) is 73.9 Å². The Balaban J connectivity index is 1.81. The third-order valence-corrected chi connectivity index (χ3v) is 7.08. The molecule has 2 aliphatic rings. The second kappa shape index (κ2) is 6.91. The molecule has 2 saturated heterocycles. The van der Waals surface area contributed by atoms with Gasteiger partial charge >= 0.3 is 7.12 Å². The van der Waals surface area contributed by atoms with Crippen LogP contribution in [-0.4, -0.2) is 46.5 Å². The molecule has 1 atom stereocenters. The summed E-state index contributed by atoms with van der Waals surface area (Å²) in [6.07, 6.45) is 0.885.